The van der Waals surface area contributed by atoms with Gasteiger partial charge in [-0.05, 0) is 55.5 Å². The summed E-state index contributed by atoms with van der Waals surface area (Å²) >= 11 is 0. The second-order valence-electron chi connectivity index (χ2n) is 8.88. The number of hydrogen-bond acceptors (Lipinski definition) is 6. The van der Waals surface area contributed by atoms with Crippen molar-refractivity contribution in [2.75, 3.05) is 33.4 Å². The van der Waals surface area contributed by atoms with Crippen LogP contribution in [0.1, 0.15) is 31.2 Å². The third-order valence-corrected chi connectivity index (χ3v) is 8.61. The Morgan fingerprint density at radius 3 is 2.26 bits per heavy atom. The van der Waals surface area contributed by atoms with Gasteiger partial charge in [0.1, 0.15) is 5.75 Å². The van der Waals surface area contributed by atoms with Crippen molar-refractivity contribution in [2.24, 2.45) is 5.92 Å². The molecule has 0 spiro atoms. The molecule has 1 heterocycles. The van der Waals surface area contributed by atoms with Gasteiger partial charge in [-0.2, -0.15) is 4.31 Å². The van der Waals surface area contributed by atoms with Gasteiger partial charge in [-0.1, -0.05) is 30.3 Å². The highest BCUT2D eigenvalue weighted by atomic mass is 32.2. The van der Waals surface area contributed by atoms with Gasteiger partial charge in [0.25, 0.3) is 5.91 Å². The largest absolute Gasteiger partial charge is 0.497 e. The van der Waals surface area contributed by atoms with E-state index in [1.54, 1.807) is 12.1 Å². The van der Waals surface area contributed by atoms with Crippen LogP contribution in [0.25, 0.3) is 0 Å². The van der Waals surface area contributed by atoms with E-state index in [1.807, 2.05) is 18.2 Å². The van der Waals surface area contributed by atoms with Crippen LogP contribution in [0.2, 0.25) is 0 Å². The van der Waals surface area contributed by atoms with Gasteiger partial charge in [-0.3, -0.25) is 9.59 Å². The van der Waals surface area contributed by atoms with E-state index in [2.05, 4.69) is 17.4 Å². The lowest BCUT2D eigenvalue weighted by Crippen LogP contribution is -2.41. The quantitative estimate of drug-likeness (QED) is 0.547. The van der Waals surface area contributed by atoms with Gasteiger partial charge in [0, 0.05) is 25.0 Å². The number of ether oxygens (including phenoxy) is 2. The number of piperidine rings is 1. The smallest absolute Gasteiger partial charge is 0.309 e. The van der Waals surface area contributed by atoms with Crippen molar-refractivity contribution in [1.29, 1.82) is 0 Å². The van der Waals surface area contributed by atoms with E-state index < -0.39 is 21.9 Å². The number of hydrogen-bond donors (Lipinski definition) is 1. The Kier molecular flexibility index (Phi) is 7.23. The van der Waals surface area contributed by atoms with Crippen LogP contribution in [-0.4, -0.2) is 58.0 Å². The SMILES string of the molecule is COc1ccc(S(=O)(=O)N2CCC(C(=O)OCC(=O)NCC3(c4ccccc4)CC3)CC2)cc1. The molecular formula is C25H30N2O6S. The Morgan fingerprint density at radius 2 is 1.68 bits per heavy atom. The molecule has 1 amide bonds. The van der Waals surface area contributed by atoms with Crippen LogP contribution >= 0.6 is 0 Å². The number of nitrogens with one attached hydrogen (secondary N) is 1. The first-order chi connectivity index (χ1) is 16.3. The molecule has 8 nitrogen and oxygen atoms in total. The van der Waals surface area contributed by atoms with Crippen molar-refractivity contribution in [3.63, 3.8) is 0 Å². The first-order valence-corrected chi connectivity index (χ1v) is 12.9. The fourth-order valence-corrected chi connectivity index (χ4v) is 5.78. The highest BCUT2D eigenvalue weighted by Gasteiger charge is 2.44. The molecule has 2 aromatic rings. The van der Waals surface area contributed by atoms with E-state index >= 15 is 0 Å². The fourth-order valence-electron chi connectivity index (χ4n) is 4.31. The van der Waals surface area contributed by atoms with E-state index in [4.69, 9.17) is 9.47 Å². The Bertz CT molecular complexity index is 1110. The molecule has 0 aromatic heterocycles. The normalized spacial score (nSPS) is 18.1. The summed E-state index contributed by atoms with van der Waals surface area (Å²) in [6.45, 7) is 0.642. The predicted molar refractivity (Wildman–Crippen MR) is 126 cm³/mol. The molecule has 1 N–H and O–H groups in total. The van der Waals surface area contributed by atoms with Gasteiger partial charge >= 0.3 is 5.97 Å². The Hall–Kier alpha value is -2.91. The minimum atomic E-state index is -3.64. The summed E-state index contributed by atoms with van der Waals surface area (Å²) in [4.78, 5) is 24.9. The number of carbonyl (C=O) groups is 2. The van der Waals surface area contributed by atoms with Crippen LogP contribution < -0.4 is 10.1 Å². The molecular weight excluding hydrogens is 456 g/mol. The van der Waals surface area contributed by atoms with Gasteiger partial charge in [0.2, 0.25) is 10.0 Å². The molecule has 0 bridgehead atoms. The van der Waals surface area contributed by atoms with Crippen LogP contribution in [0.15, 0.2) is 59.5 Å². The van der Waals surface area contributed by atoms with Crippen LogP contribution in [0.4, 0.5) is 0 Å². The van der Waals surface area contributed by atoms with Crippen molar-refractivity contribution in [3.05, 3.63) is 60.2 Å². The number of nitrogens with zero attached hydrogens (tertiary/aromatic N) is 1. The Labute approximate surface area is 200 Å². The van der Waals surface area contributed by atoms with Gasteiger partial charge in [-0.25, -0.2) is 8.42 Å². The van der Waals surface area contributed by atoms with Crippen LogP contribution in [0.3, 0.4) is 0 Å². The number of benzene rings is 2. The summed E-state index contributed by atoms with van der Waals surface area (Å²) in [6, 6.07) is 16.3. The molecule has 2 fully saturated rings. The number of esters is 1. The van der Waals surface area contributed by atoms with E-state index in [0.717, 1.165) is 12.8 Å². The van der Waals surface area contributed by atoms with Gasteiger partial charge in [0.05, 0.1) is 17.9 Å². The zero-order valence-electron chi connectivity index (χ0n) is 19.2. The average Bonchev–Trinajstić information content (AvgIpc) is 3.68. The minimum absolute atomic E-state index is 0.0108. The standard InChI is InChI=1S/C25H30N2O6S/c1-32-21-7-9-22(10-8-21)34(30,31)27-15-11-19(12-16-27)24(29)33-17-23(28)26-18-25(13-14-25)20-5-3-2-4-6-20/h2-10,19H,11-18H2,1H3,(H,26,28). The maximum Gasteiger partial charge on any atom is 0.309 e. The second-order valence-corrected chi connectivity index (χ2v) is 10.8. The monoisotopic (exact) mass is 486 g/mol. The lowest BCUT2D eigenvalue weighted by atomic mass is 9.96. The van der Waals surface area contributed by atoms with Crippen molar-refractivity contribution >= 4 is 21.9 Å². The fraction of sp³-hybridized carbons (Fsp3) is 0.440. The number of methoxy groups -OCH3 is 1. The van der Waals surface area contributed by atoms with E-state index in [-0.39, 0.29) is 35.9 Å². The van der Waals surface area contributed by atoms with Gasteiger partial charge < -0.3 is 14.8 Å². The van der Waals surface area contributed by atoms with Crippen LogP contribution in [-0.2, 0) is 29.8 Å². The van der Waals surface area contributed by atoms with Crippen molar-refractivity contribution < 1.29 is 27.5 Å². The number of amides is 1. The highest BCUT2D eigenvalue weighted by molar-refractivity contribution is 7.89. The summed E-state index contributed by atoms with van der Waals surface area (Å²) in [5.74, 6) is -0.623. The molecule has 2 aromatic carbocycles. The van der Waals surface area contributed by atoms with Crippen LogP contribution in [0, 0.1) is 5.92 Å². The molecule has 1 aliphatic heterocycles. The zero-order valence-corrected chi connectivity index (χ0v) is 20.1. The molecule has 4 rings (SSSR count). The molecule has 2 aliphatic rings. The van der Waals surface area contributed by atoms with E-state index in [1.165, 1.54) is 29.1 Å². The lowest BCUT2D eigenvalue weighted by Gasteiger charge is -2.30. The topological polar surface area (TPSA) is 102 Å². The van der Waals surface area contributed by atoms with Crippen molar-refractivity contribution in [3.8, 4) is 5.75 Å². The summed E-state index contributed by atoms with van der Waals surface area (Å²) < 4.78 is 37.4. The number of rotatable bonds is 9. The molecule has 9 heteroatoms. The Balaban J connectivity index is 1.21. The molecule has 1 saturated carbocycles. The summed E-state index contributed by atoms with van der Waals surface area (Å²) in [7, 11) is -2.12. The molecule has 0 radical (unpaired) electrons. The van der Waals surface area contributed by atoms with Gasteiger partial charge in [0.15, 0.2) is 6.61 Å². The molecule has 1 saturated heterocycles. The molecule has 0 atom stereocenters. The minimum Gasteiger partial charge on any atom is -0.497 e. The van der Waals surface area contributed by atoms with Crippen molar-refractivity contribution in [2.45, 2.75) is 36.0 Å². The van der Waals surface area contributed by atoms with Crippen LogP contribution in [0.5, 0.6) is 5.75 Å². The summed E-state index contributed by atoms with van der Waals surface area (Å²) in [5.41, 5.74) is 1.20. The van der Waals surface area contributed by atoms with E-state index in [0.29, 0.717) is 25.1 Å². The third-order valence-electron chi connectivity index (χ3n) is 6.69. The lowest BCUT2D eigenvalue weighted by molar-refractivity contribution is -0.153. The zero-order chi connectivity index (χ0) is 24.2. The molecule has 182 valence electrons. The highest BCUT2D eigenvalue weighted by Crippen LogP contribution is 2.47. The average molecular weight is 487 g/mol. The second kappa shape index (κ2) is 10.1. The van der Waals surface area contributed by atoms with Gasteiger partial charge in [-0.15, -0.1) is 0 Å². The van der Waals surface area contributed by atoms with E-state index in [9.17, 15) is 18.0 Å². The number of sulfonamides is 1. The molecule has 0 unspecified atom stereocenters. The Morgan fingerprint density at radius 1 is 1.03 bits per heavy atom. The molecule has 34 heavy (non-hydrogen) atoms. The first-order valence-electron chi connectivity index (χ1n) is 11.5. The maximum atomic E-state index is 12.9. The van der Waals surface area contributed by atoms with Crippen molar-refractivity contribution in [1.82, 2.24) is 9.62 Å². The summed E-state index contributed by atoms with van der Waals surface area (Å²) in [6.07, 6.45) is 2.75. The molecule has 1 aliphatic carbocycles. The summed E-state index contributed by atoms with van der Waals surface area (Å²) in [5, 5.41) is 2.88. The number of carbonyl (C=O) groups excluding carboxylic acids is 2. The third kappa shape index (κ3) is 5.42. The maximum absolute atomic E-state index is 12.9. The predicted octanol–water partition coefficient (Wildman–Crippen LogP) is 2.49. The first kappa shape index (κ1) is 24.2.